The molecule has 1 N–H and O–H groups in total. The van der Waals surface area contributed by atoms with Gasteiger partial charge < -0.3 is 10.1 Å². The fraction of sp³-hybridized carbons (Fsp3) is 0.182. The molecule has 10 heteroatoms. The molecule has 1 unspecified atom stereocenters. The molecule has 0 saturated heterocycles. The molecule has 32 heavy (non-hydrogen) atoms. The third kappa shape index (κ3) is 4.29. The van der Waals surface area contributed by atoms with Crippen LogP contribution < -0.4 is 10.1 Å². The van der Waals surface area contributed by atoms with Gasteiger partial charge in [0.15, 0.2) is 0 Å². The van der Waals surface area contributed by atoms with Gasteiger partial charge in [0.25, 0.3) is 0 Å². The summed E-state index contributed by atoms with van der Waals surface area (Å²) in [5, 5.41) is 12.1. The lowest BCUT2D eigenvalue weighted by Crippen LogP contribution is -2.13. The third-order valence-corrected chi connectivity index (χ3v) is 4.90. The van der Waals surface area contributed by atoms with Gasteiger partial charge in [0, 0.05) is 23.3 Å². The highest BCUT2D eigenvalue weighted by molar-refractivity contribution is 5.97. The summed E-state index contributed by atoms with van der Waals surface area (Å²) in [7, 11) is 1.51. The summed E-state index contributed by atoms with van der Waals surface area (Å²) in [6.45, 7) is 1.76. The van der Waals surface area contributed by atoms with E-state index in [1.54, 1.807) is 25.1 Å². The standard InChI is InChI=1S/C22H17F4N5O/c1-12(15-9-27-21(28-10-15)22(24,25)26)30-18-11-29-31-20-17(18)7-14(8-19(20)32-2)13-3-5-16(23)6-4-13/h3-12H,1-2H3,(H,30,31). The number of halogens is 4. The van der Waals surface area contributed by atoms with E-state index >= 15 is 0 Å². The van der Waals surface area contributed by atoms with Gasteiger partial charge in [0.2, 0.25) is 5.82 Å². The minimum Gasteiger partial charge on any atom is -0.494 e. The van der Waals surface area contributed by atoms with E-state index in [1.807, 2.05) is 6.07 Å². The van der Waals surface area contributed by atoms with Crippen LogP contribution in [0.25, 0.3) is 22.0 Å². The summed E-state index contributed by atoms with van der Waals surface area (Å²) in [6, 6.07) is 9.25. The van der Waals surface area contributed by atoms with Crippen LogP contribution in [0.1, 0.15) is 24.4 Å². The van der Waals surface area contributed by atoms with Crippen molar-refractivity contribution in [3.63, 3.8) is 0 Å². The average Bonchev–Trinajstić information content (AvgIpc) is 2.78. The summed E-state index contributed by atoms with van der Waals surface area (Å²) >= 11 is 0. The quantitative estimate of drug-likeness (QED) is 0.415. The maximum atomic E-state index is 13.3. The molecule has 0 aliphatic rings. The molecule has 0 radical (unpaired) electrons. The van der Waals surface area contributed by atoms with Gasteiger partial charge in [-0.3, -0.25) is 0 Å². The molecule has 1 atom stereocenters. The molecular formula is C22H17F4N5O. The second-order valence-corrected chi connectivity index (χ2v) is 7.04. The van der Waals surface area contributed by atoms with Crippen LogP contribution in [-0.4, -0.2) is 27.3 Å². The van der Waals surface area contributed by atoms with Crippen molar-refractivity contribution in [2.45, 2.75) is 19.1 Å². The van der Waals surface area contributed by atoms with E-state index in [1.165, 1.54) is 25.4 Å². The average molecular weight is 443 g/mol. The number of alkyl halides is 3. The topological polar surface area (TPSA) is 72.8 Å². The molecule has 0 aliphatic heterocycles. The van der Waals surface area contributed by atoms with Crippen molar-refractivity contribution in [1.82, 2.24) is 20.2 Å². The van der Waals surface area contributed by atoms with Gasteiger partial charge in [-0.1, -0.05) is 12.1 Å². The van der Waals surface area contributed by atoms with E-state index in [0.29, 0.717) is 27.9 Å². The van der Waals surface area contributed by atoms with Crippen LogP contribution in [0.3, 0.4) is 0 Å². The Labute approximate surface area is 180 Å². The minimum atomic E-state index is -4.60. The number of benzene rings is 2. The van der Waals surface area contributed by atoms with Crippen molar-refractivity contribution >= 4 is 16.6 Å². The molecule has 0 spiro atoms. The lowest BCUT2D eigenvalue weighted by atomic mass is 10.0. The molecular weight excluding hydrogens is 426 g/mol. The number of rotatable bonds is 5. The Bertz CT molecular complexity index is 1240. The molecule has 2 aromatic heterocycles. The van der Waals surface area contributed by atoms with E-state index < -0.39 is 18.0 Å². The first-order valence-electron chi connectivity index (χ1n) is 9.51. The van der Waals surface area contributed by atoms with Crippen LogP contribution in [0, 0.1) is 5.82 Å². The summed E-state index contributed by atoms with van der Waals surface area (Å²) in [4.78, 5) is 6.82. The highest BCUT2D eigenvalue weighted by Crippen LogP contribution is 2.35. The Morgan fingerprint density at radius 1 is 0.969 bits per heavy atom. The molecule has 0 bridgehead atoms. The van der Waals surface area contributed by atoms with Gasteiger partial charge in [0.05, 0.1) is 25.0 Å². The molecule has 0 saturated carbocycles. The van der Waals surface area contributed by atoms with Crippen LogP contribution in [0.15, 0.2) is 55.0 Å². The molecule has 164 valence electrons. The molecule has 4 rings (SSSR count). The predicted molar refractivity (Wildman–Crippen MR) is 111 cm³/mol. The van der Waals surface area contributed by atoms with Crippen LogP contribution in [0.2, 0.25) is 0 Å². The molecule has 2 aromatic carbocycles. The summed E-state index contributed by atoms with van der Waals surface area (Å²) in [5.74, 6) is -1.07. The molecule has 0 fully saturated rings. The molecule has 4 aromatic rings. The van der Waals surface area contributed by atoms with Crippen molar-refractivity contribution < 1.29 is 22.3 Å². The highest BCUT2D eigenvalue weighted by atomic mass is 19.4. The monoisotopic (exact) mass is 443 g/mol. The minimum absolute atomic E-state index is 0.345. The smallest absolute Gasteiger partial charge is 0.451 e. The number of ether oxygens (including phenoxy) is 1. The number of methoxy groups -OCH3 is 1. The van der Waals surface area contributed by atoms with Crippen molar-refractivity contribution in [3.05, 3.63) is 72.2 Å². The van der Waals surface area contributed by atoms with Gasteiger partial charge in [0.1, 0.15) is 17.1 Å². The van der Waals surface area contributed by atoms with Gasteiger partial charge in [-0.25, -0.2) is 14.4 Å². The van der Waals surface area contributed by atoms with E-state index in [2.05, 4.69) is 25.5 Å². The number of aromatic nitrogens is 4. The Kier molecular flexibility index (Phi) is 5.60. The maximum absolute atomic E-state index is 13.3. The fourth-order valence-corrected chi connectivity index (χ4v) is 3.23. The predicted octanol–water partition coefficient (Wildman–Crippen LogP) is 5.43. The Morgan fingerprint density at radius 2 is 1.66 bits per heavy atom. The molecule has 6 nitrogen and oxygen atoms in total. The second kappa shape index (κ2) is 8.37. The number of hydrogen-bond acceptors (Lipinski definition) is 6. The number of hydrogen-bond donors (Lipinski definition) is 1. The zero-order chi connectivity index (χ0) is 22.9. The number of fused-ring (bicyclic) bond motifs is 1. The lowest BCUT2D eigenvalue weighted by Gasteiger charge is -2.18. The zero-order valence-electron chi connectivity index (χ0n) is 17.0. The number of anilines is 1. The van der Waals surface area contributed by atoms with Crippen molar-refractivity contribution in [2.75, 3.05) is 12.4 Å². The maximum Gasteiger partial charge on any atom is 0.451 e. The van der Waals surface area contributed by atoms with Gasteiger partial charge in [-0.05, 0) is 42.3 Å². The molecule has 0 aliphatic carbocycles. The van der Waals surface area contributed by atoms with Gasteiger partial charge >= 0.3 is 6.18 Å². The first-order chi connectivity index (χ1) is 15.3. The number of nitrogens with one attached hydrogen (secondary N) is 1. The SMILES string of the molecule is COc1cc(-c2ccc(F)cc2)cc2c(NC(C)c3cnc(C(F)(F)F)nc3)cnnc12. The second-order valence-electron chi connectivity index (χ2n) is 7.04. The summed E-state index contributed by atoms with van der Waals surface area (Å²) < 4.78 is 57.0. The summed E-state index contributed by atoms with van der Waals surface area (Å²) in [6.07, 6.45) is -0.824. The van der Waals surface area contributed by atoms with E-state index in [-0.39, 0.29) is 5.82 Å². The first kappa shape index (κ1) is 21.4. The van der Waals surface area contributed by atoms with E-state index in [0.717, 1.165) is 23.5 Å². The lowest BCUT2D eigenvalue weighted by molar-refractivity contribution is -0.145. The van der Waals surface area contributed by atoms with Gasteiger partial charge in [-0.2, -0.15) is 18.3 Å². The van der Waals surface area contributed by atoms with Gasteiger partial charge in [-0.15, -0.1) is 5.10 Å². The van der Waals surface area contributed by atoms with Crippen molar-refractivity contribution in [1.29, 1.82) is 0 Å². The fourth-order valence-electron chi connectivity index (χ4n) is 3.23. The molecule has 2 heterocycles. The third-order valence-electron chi connectivity index (χ3n) is 4.90. The van der Waals surface area contributed by atoms with E-state index in [9.17, 15) is 17.6 Å². The summed E-state index contributed by atoms with van der Waals surface area (Å²) in [5.41, 5.74) is 3.10. The first-order valence-corrected chi connectivity index (χ1v) is 9.51. The number of nitrogens with zero attached hydrogens (tertiary/aromatic N) is 4. The zero-order valence-corrected chi connectivity index (χ0v) is 17.0. The van der Waals surface area contributed by atoms with Crippen LogP contribution in [0.5, 0.6) is 5.75 Å². The largest absolute Gasteiger partial charge is 0.494 e. The van der Waals surface area contributed by atoms with Crippen molar-refractivity contribution in [3.8, 4) is 16.9 Å². The normalized spacial score (nSPS) is 12.6. The van der Waals surface area contributed by atoms with Crippen LogP contribution in [0.4, 0.5) is 23.2 Å². The van der Waals surface area contributed by atoms with E-state index in [4.69, 9.17) is 4.74 Å². The molecule has 0 amide bonds. The van der Waals surface area contributed by atoms with Crippen molar-refractivity contribution in [2.24, 2.45) is 0 Å². The van der Waals surface area contributed by atoms with Crippen LogP contribution in [-0.2, 0) is 6.18 Å². The Morgan fingerprint density at radius 3 is 2.28 bits per heavy atom. The van der Waals surface area contributed by atoms with Crippen LogP contribution >= 0.6 is 0 Å². The Balaban J connectivity index is 1.72. The Hall–Kier alpha value is -3.82. The highest BCUT2D eigenvalue weighted by Gasteiger charge is 2.34.